The number of hydrogen-bond donors (Lipinski definition) is 1. The molecular weight excluding hydrogens is 214 g/mol. The third-order valence-corrected chi connectivity index (χ3v) is 2.33. The van der Waals surface area contributed by atoms with Crippen LogP contribution in [-0.2, 0) is 0 Å². The van der Waals surface area contributed by atoms with Crippen LogP contribution >= 0.6 is 0 Å². The first-order valence-electron chi connectivity index (χ1n) is 5.17. The van der Waals surface area contributed by atoms with Crippen LogP contribution < -0.4 is 5.32 Å². The van der Waals surface area contributed by atoms with Crippen molar-refractivity contribution < 1.29 is 0 Å². The number of nitrogens with zero attached hydrogens (tertiary/aromatic N) is 4. The second-order valence-electron chi connectivity index (χ2n) is 3.50. The van der Waals surface area contributed by atoms with E-state index in [1.54, 1.807) is 24.8 Å². The minimum atomic E-state index is 0.765. The van der Waals surface area contributed by atoms with Crippen molar-refractivity contribution in [1.29, 1.82) is 0 Å². The SMILES string of the molecule is c1cncc(Nc2cnnc3cccnc23)c1. The highest BCUT2D eigenvalue weighted by Gasteiger charge is 2.03. The van der Waals surface area contributed by atoms with E-state index in [0.717, 1.165) is 22.4 Å². The van der Waals surface area contributed by atoms with Crippen molar-refractivity contribution in [1.82, 2.24) is 20.2 Å². The third kappa shape index (κ3) is 1.90. The van der Waals surface area contributed by atoms with Crippen LogP contribution in [-0.4, -0.2) is 20.2 Å². The molecule has 17 heavy (non-hydrogen) atoms. The molecule has 0 unspecified atom stereocenters. The van der Waals surface area contributed by atoms with Gasteiger partial charge in [0.15, 0.2) is 0 Å². The summed E-state index contributed by atoms with van der Waals surface area (Å²) in [7, 11) is 0. The number of rotatable bonds is 2. The molecule has 0 fully saturated rings. The average molecular weight is 223 g/mol. The fourth-order valence-electron chi connectivity index (χ4n) is 1.58. The first kappa shape index (κ1) is 9.65. The van der Waals surface area contributed by atoms with Gasteiger partial charge in [0.1, 0.15) is 11.0 Å². The quantitative estimate of drug-likeness (QED) is 0.721. The molecule has 5 nitrogen and oxygen atoms in total. The summed E-state index contributed by atoms with van der Waals surface area (Å²) in [6, 6.07) is 7.52. The van der Waals surface area contributed by atoms with E-state index in [9.17, 15) is 0 Å². The Balaban J connectivity index is 2.06. The zero-order chi connectivity index (χ0) is 11.5. The fourth-order valence-corrected chi connectivity index (χ4v) is 1.58. The van der Waals surface area contributed by atoms with E-state index in [1.807, 2.05) is 24.3 Å². The predicted octanol–water partition coefficient (Wildman–Crippen LogP) is 2.16. The zero-order valence-corrected chi connectivity index (χ0v) is 8.91. The second kappa shape index (κ2) is 4.13. The third-order valence-electron chi connectivity index (χ3n) is 2.33. The molecule has 0 amide bonds. The molecule has 1 N–H and O–H groups in total. The van der Waals surface area contributed by atoms with Gasteiger partial charge in [-0.25, -0.2) is 0 Å². The molecule has 0 radical (unpaired) electrons. The van der Waals surface area contributed by atoms with E-state index in [-0.39, 0.29) is 0 Å². The van der Waals surface area contributed by atoms with Gasteiger partial charge >= 0.3 is 0 Å². The Morgan fingerprint density at radius 2 is 1.94 bits per heavy atom. The maximum atomic E-state index is 4.29. The lowest BCUT2D eigenvalue weighted by Gasteiger charge is -2.06. The second-order valence-corrected chi connectivity index (χ2v) is 3.50. The average Bonchev–Trinajstić information content (AvgIpc) is 2.40. The number of hydrogen-bond acceptors (Lipinski definition) is 5. The zero-order valence-electron chi connectivity index (χ0n) is 8.91. The standard InChI is InChI=1S/C12H9N5/c1-3-9(7-13-5-1)16-11-8-15-17-10-4-2-6-14-12(10)11/h1-8H,(H,16,17). The highest BCUT2D eigenvalue weighted by molar-refractivity contribution is 5.88. The van der Waals surface area contributed by atoms with Crippen molar-refractivity contribution in [3.8, 4) is 0 Å². The van der Waals surface area contributed by atoms with Gasteiger partial charge in [0.2, 0.25) is 0 Å². The summed E-state index contributed by atoms with van der Waals surface area (Å²) in [4.78, 5) is 8.33. The van der Waals surface area contributed by atoms with Crippen molar-refractivity contribution in [3.63, 3.8) is 0 Å². The Morgan fingerprint density at radius 3 is 2.82 bits per heavy atom. The minimum absolute atomic E-state index is 0.765. The van der Waals surface area contributed by atoms with E-state index in [2.05, 4.69) is 25.5 Å². The molecule has 0 saturated carbocycles. The van der Waals surface area contributed by atoms with Crippen molar-refractivity contribution in [2.24, 2.45) is 0 Å². The number of nitrogens with one attached hydrogen (secondary N) is 1. The smallest absolute Gasteiger partial charge is 0.116 e. The Bertz CT molecular complexity index is 633. The predicted molar refractivity (Wildman–Crippen MR) is 64.9 cm³/mol. The number of anilines is 2. The number of aromatic nitrogens is 4. The van der Waals surface area contributed by atoms with E-state index in [4.69, 9.17) is 0 Å². The summed E-state index contributed by atoms with van der Waals surface area (Å²) >= 11 is 0. The molecule has 0 atom stereocenters. The molecule has 3 rings (SSSR count). The van der Waals surface area contributed by atoms with Crippen molar-refractivity contribution >= 4 is 22.4 Å². The molecule has 3 aromatic heterocycles. The molecule has 0 aromatic carbocycles. The summed E-state index contributed by atoms with van der Waals surface area (Å²) < 4.78 is 0. The van der Waals surface area contributed by atoms with Gasteiger partial charge in [-0.15, -0.1) is 5.10 Å². The largest absolute Gasteiger partial charge is 0.351 e. The van der Waals surface area contributed by atoms with Crippen molar-refractivity contribution in [2.75, 3.05) is 5.32 Å². The van der Waals surface area contributed by atoms with Crippen LogP contribution in [0.5, 0.6) is 0 Å². The molecule has 3 heterocycles. The molecular formula is C12H9N5. The lowest BCUT2D eigenvalue weighted by molar-refractivity contribution is 1.07. The molecule has 0 saturated heterocycles. The van der Waals surface area contributed by atoms with Gasteiger partial charge in [0.05, 0.1) is 23.8 Å². The first-order valence-corrected chi connectivity index (χ1v) is 5.17. The number of fused-ring (bicyclic) bond motifs is 1. The highest BCUT2D eigenvalue weighted by atomic mass is 15.1. The van der Waals surface area contributed by atoms with Gasteiger partial charge in [-0.3, -0.25) is 9.97 Å². The molecule has 0 aliphatic heterocycles. The van der Waals surface area contributed by atoms with Crippen LogP contribution in [0.1, 0.15) is 0 Å². The van der Waals surface area contributed by atoms with Gasteiger partial charge in [-0.05, 0) is 24.3 Å². The Kier molecular flexibility index (Phi) is 2.34. The maximum Gasteiger partial charge on any atom is 0.116 e. The molecule has 3 aromatic rings. The van der Waals surface area contributed by atoms with E-state index < -0.39 is 0 Å². The molecule has 82 valence electrons. The monoisotopic (exact) mass is 223 g/mol. The summed E-state index contributed by atoms with van der Waals surface area (Å²) in [5.74, 6) is 0. The molecule has 0 bridgehead atoms. The van der Waals surface area contributed by atoms with Crippen LogP contribution in [0.4, 0.5) is 11.4 Å². The summed E-state index contributed by atoms with van der Waals surface area (Å²) in [5, 5.41) is 11.2. The van der Waals surface area contributed by atoms with Crippen LogP contribution in [0.15, 0.2) is 49.1 Å². The van der Waals surface area contributed by atoms with E-state index in [0.29, 0.717) is 0 Å². The van der Waals surface area contributed by atoms with Gasteiger partial charge < -0.3 is 5.32 Å². The molecule has 5 heteroatoms. The highest BCUT2D eigenvalue weighted by Crippen LogP contribution is 2.21. The van der Waals surface area contributed by atoms with Crippen molar-refractivity contribution in [2.45, 2.75) is 0 Å². The van der Waals surface area contributed by atoms with E-state index in [1.165, 1.54) is 0 Å². The van der Waals surface area contributed by atoms with Gasteiger partial charge in [0, 0.05) is 12.4 Å². The topological polar surface area (TPSA) is 63.6 Å². The van der Waals surface area contributed by atoms with Crippen LogP contribution in [0.2, 0.25) is 0 Å². The summed E-state index contributed by atoms with van der Waals surface area (Å²) in [6.45, 7) is 0. The van der Waals surface area contributed by atoms with Crippen LogP contribution in [0.25, 0.3) is 11.0 Å². The van der Waals surface area contributed by atoms with Gasteiger partial charge in [0.25, 0.3) is 0 Å². The van der Waals surface area contributed by atoms with Crippen LogP contribution in [0.3, 0.4) is 0 Å². The first-order chi connectivity index (χ1) is 8.43. The normalized spacial score (nSPS) is 10.4. The Hall–Kier alpha value is -2.56. The number of pyridine rings is 2. The van der Waals surface area contributed by atoms with Crippen molar-refractivity contribution in [3.05, 3.63) is 49.1 Å². The van der Waals surface area contributed by atoms with E-state index >= 15 is 0 Å². The fraction of sp³-hybridized carbons (Fsp3) is 0. The molecule has 0 aliphatic rings. The lowest BCUT2D eigenvalue weighted by atomic mass is 10.3. The lowest BCUT2D eigenvalue weighted by Crippen LogP contribution is -1.96. The summed E-state index contributed by atoms with van der Waals surface area (Å²) in [6.07, 6.45) is 6.86. The van der Waals surface area contributed by atoms with Gasteiger partial charge in [-0.1, -0.05) is 0 Å². The maximum absolute atomic E-state index is 4.29. The Labute approximate surface area is 97.6 Å². The summed E-state index contributed by atoms with van der Waals surface area (Å²) in [5.41, 5.74) is 3.28. The van der Waals surface area contributed by atoms with Crippen LogP contribution in [0, 0.1) is 0 Å². The molecule has 0 spiro atoms. The van der Waals surface area contributed by atoms with Gasteiger partial charge in [-0.2, -0.15) is 5.10 Å². The molecule has 0 aliphatic carbocycles. The Morgan fingerprint density at radius 1 is 1.00 bits per heavy atom. The minimum Gasteiger partial charge on any atom is -0.351 e.